The van der Waals surface area contributed by atoms with Crippen LogP contribution >= 0.6 is 11.3 Å². The molecule has 41 heavy (non-hydrogen) atoms. The summed E-state index contributed by atoms with van der Waals surface area (Å²) in [6.45, 7) is 5.35. The minimum atomic E-state index is 0.532. The molecule has 0 unspecified atom stereocenters. The van der Waals surface area contributed by atoms with Crippen LogP contribution in [0.4, 0.5) is 0 Å². The molecule has 6 nitrogen and oxygen atoms in total. The lowest BCUT2D eigenvalue weighted by molar-refractivity contribution is 0.328. The lowest BCUT2D eigenvalue weighted by atomic mass is 9.83. The Labute approximate surface area is 245 Å². The number of benzene rings is 2. The van der Waals surface area contributed by atoms with Gasteiger partial charge < -0.3 is 18.3 Å². The first-order valence-corrected chi connectivity index (χ1v) is 16.3. The van der Waals surface area contributed by atoms with Crippen LogP contribution in [-0.2, 0) is 0 Å². The van der Waals surface area contributed by atoms with Crippen molar-refractivity contribution in [1.82, 2.24) is 9.97 Å². The summed E-state index contributed by atoms with van der Waals surface area (Å²) in [7, 11) is 0. The van der Waals surface area contributed by atoms with Gasteiger partial charge in [-0.25, -0.2) is 9.97 Å². The molecule has 2 aliphatic carbocycles. The van der Waals surface area contributed by atoms with Crippen molar-refractivity contribution in [1.29, 1.82) is 0 Å². The molecule has 0 radical (unpaired) electrons. The highest BCUT2D eigenvalue weighted by atomic mass is 32.1. The van der Waals surface area contributed by atoms with Crippen molar-refractivity contribution in [2.45, 2.75) is 89.9 Å². The minimum Gasteiger partial charge on any atom is -0.493 e. The van der Waals surface area contributed by atoms with E-state index < -0.39 is 0 Å². The molecule has 214 valence electrons. The molecule has 0 saturated heterocycles. The number of rotatable bonds is 8. The van der Waals surface area contributed by atoms with Gasteiger partial charge in [-0.1, -0.05) is 38.5 Å². The summed E-state index contributed by atoms with van der Waals surface area (Å²) in [5.41, 5.74) is 5.85. The highest BCUT2D eigenvalue weighted by molar-refractivity contribution is 7.18. The predicted molar refractivity (Wildman–Crippen MR) is 164 cm³/mol. The van der Waals surface area contributed by atoms with E-state index in [-0.39, 0.29) is 0 Å². The number of thiophene rings is 1. The van der Waals surface area contributed by atoms with Gasteiger partial charge in [-0.2, -0.15) is 0 Å². The second-order valence-corrected chi connectivity index (χ2v) is 12.5. The fourth-order valence-corrected chi connectivity index (χ4v) is 7.61. The second kappa shape index (κ2) is 11.5. The quantitative estimate of drug-likeness (QED) is 0.185. The third-order valence-corrected chi connectivity index (χ3v) is 9.82. The van der Waals surface area contributed by atoms with Crippen LogP contribution in [-0.4, -0.2) is 23.2 Å². The normalized spacial score (nSPS) is 17.0. The summed E-state index contributed by atoms with van der Waals surface area (Å²) in [6, 6.07) is 12.5. The van der Waals surface area contributed by atoms with Crippen LogP contribution in [0.15, 0.2) is 45.2 Å². The number of nitrogens with zero attached hydrogens (tertiary/aromatic N) is 2. The van der Waals surface area contributed by atoms with Gasteiger partial charge in [0.1, 0.15) is 22.5 Å². The van der Waals surface area contributed by atoms with Gasteiger partial charge in [-0.3, -0.25) is 0 Å². The Morgan fingerprint density at radius 2 is 1.10 bits per heavy atom. The van der Waals surface area contributed by atoms with Crippen molar-refractivity contribution in [3.63, 3.8) is 0 Å². The van der Waals surface area contributed by atoms with E-state index in [0.717, 1.165) is 43.5 Å². The molecule has 0 N–H and O–H groups in total. The van der Waals surface area contributed by atoms with Crippen molar-refractivity contribution in [2.75, 3.05) is 13.2 Å². The monoisotopic (exact) mass is 570 g/mol. The molecule has 2 saturated carbocycles. The smallest absolute Gasteiger partial charge is 0.237 e. The van der Waals surface area contributed by atoms with E-state index in [0.29, 0.717) is 36.8 Å². The van der Waals surface area contributed by atoms with E-state index >= 15 is 0 Å². The van der Waals surface area contributed by atoms with Crippen LogP contribution in [0.5, 0.6) is 11.5 Å². The Morgan fingerprint density at radius 3 is 1.51 bits per heavy atom. The molecule has 5 aromatic rings. The van der Waals surface area contributed by atoms with E-state index in [1.165, 1.54) is 75.3 Å². The number of oxazole rings is 2. The van der Waals surface area contributed by atoms with Gasteiger partial charge in [-0.15, -0.1) is 11.3 Å². The SMILES string of the molecule is CCOc1cc2oc(-c3ccc(-c4nc5cc(C6CCCCC6)c(OCC)cc5o4)s3)nc2cc1C1CCCCC1. The number of aromatic nitrogens is 2. The molecule has 0 bridgehead atoms. The standard InChI is InChI=1S/C34H38N2O4S/c1-3-37-27-19-29-25(17-23(27)21-11-7-5-8-12-21)35-33(39-29)31-15-16-32(41-31)34-36-26-18-24(22-13-9-6-10-14-22)28(38-4-2)20-30(26)40-34/h15-22H,3-14H2,1-2H3. The van der Waals surface area contributed by atoms with Gasteiger partial charge in [0.15, 0.2) is 11.2 Å². The van der Waals surface area contributed by atoms with Crippen LogP contribution in [0.25, 0.3) is 43.7 Å². The van der Waals surface area contributed by atoms with Crippen molar-refractivity contribution < 1.29 is 18.3 Å². The summed E-state index contributed by atoms with van der Waals surface area (Å²) < 4.78 is 24.7. The van der Waals surface area contributed by atoms with Crippen LogP contribution in [0.3, 0.4) is 0 Å². The van der Waals surface area contributed by atoms with E-state index in [1.54, 1.807) is 11.3 Å². The summed E-state index contributed by atoms with van der Waals surface area (Å²) >= 11 is 1.59. The molecule has 3 heterocycles. The summed E-state index contributed by atoms with van der Waals surface area (Å²) in [5, 5.41) is 0. The molecule has 0 spiro atoms. The summed E-state index contributed by atoms with van der Waals surface area (Å²) in [5.74, 6) is 4.18. The van der Waals surface area contributed by atoms with Crippen LogP contribution in [0, 0.1) is 0 Å². The van der Waals surface area contributed by atoms with E-state index in [2.05, 4.69) is 12.1 Å². The second-order valence-electron chi connectivity index (χ2n) is 11.5. The van der Waals surface area contributed by atoms with Crippen LogP contribution < -0.4 is 9.47 Å². The third-order valence-electron chi connectivity index (χ3n) is 8.76. The zero-order valence-electron chi connectivity index (χ0n) is 24.0. The maximum absolute atomic E-state index is 6.27. The molecule has 0 amide bonds. The molecule has 0 aliphatic heterocycles. The highest BCUT2D eigenvalue weighted by Crippen LogP contribution is 2.43. The number of fused-ring (bicyclic) bond motifs is 2. The molecular weight excluding hydrogens is 532 g/mol. The maximum atomic E-state index is 6.27. The first kappa shape index (κ1) is 26.6. The number of hydrogen-bond acceptors (Lipinski definition) is 7. The van der Waals surface area contributed by atoms with E-state index in [1.807, 2.05) is 38.1 Å². The average molecular weight is 571 g/mol. The Bertz CT molecular complexity index is 1530. The highest BCUT2D eigenvalue weighted by Gasteiger charge is 2.24. The third kappa shape index (κ3) is 5.25. The van der Waals surface area contributed by atoms with Gasteiger partial charge in [0.25, 0.3) is 0 Å². The molecule has 7 heteroatoms. The molecule has 2 aromatic carbocycles. The van der Waals surface area contributed by atoms with Gasteiger partial charge in [-0.05, 0) is 86.8 Å². The Hall–Kier alpha value is -3.32. The van der Waals surface area contributed by atoms with Crippen molar-refractivity contribution in [3.8, 4) is 33.0 Å². The first-order chi connectivity index (χ1) is 20.2. The van der Waals surface area contributed by atoms with Crippen LogP contribution in [0.2, 0.25) is 0 Å². The van der Waals surface area contributed by atoms with Crippen molar-refractivity contribution in [3.05, 3.63) is 47.5 Å². The van der Waals surface area contributed by atoms with Crippen LogP contribution in [0.1, 0.15) is 101 Å². The van der Waals surface area contributed by atoms with E-state index in [9.17, 15) is 0 Å². The first-order valence-electron chi connectivity index (χ1n) is 15.4. The Kier molecular flexibility index (Phi) is 7.46. The largest absolute Gasteiger partial charge is 0.493 e. The lowest BCUT2D eigenvalue weighted by Crippen LogP contribution is -2.07. The zero-order chi connectivity index (χ0) is 27.8. The molecule has 2 fully saturated rings. The average Bonchev–Trinajstić information content (AvgIpc) is 3.75. The van der Waals surface area contributed by atoms with Crippen molar-refractivity contribution >= 4 is 33.5 Å². The molecule has 7 rings (SSSR count). The van der Waals surface area contributed by atoms with Gasteiger partial charge >= 0.3 is 0 Å². The minimum absolute atomic E-state index is 0.532. The Balaban J connectivity index is 1.20. The number of hydrogen-bond donors (Lipinski definition) is 0. The van der Waals surface area contributed by atoms with Gasteiger partial charge in [0, 0.05) is 12.1 Å². The molecule has 0 atom stereocenters. The lowest BCUT2D eigenvalue weighted by Gasteiger charge is -2.24. The predicted octanol–water partition coefficient (Wildman–Crippen LogP) is 10.3. The van der Waals surface area contributed by atoms with Gasteiger partial charge in [0.2, 0.25) is 11.8 Å². The Morgan fingerprint density at radius 1 is 0.659 bits per heavy atom. The fourth-order valence-electron chi connectivity index (χ4n) is 6.75. The molecule has 2 aliphatic rings. The summed E-state index contributed by atoms with van der Waals surface area (Å²) in [4.78, 5) is 11.7. The fraction of sp³-hybridized carbons (Fsp3) is 0.471. The van der Waals surface area contributed by atoms with E-state index in [4.69, 9.17) is 28.3 Å². The number of ether oxygens (including phenoxy) is 2. The summed E-state index contributed by atoms with van der Waals surface area (Å²) in [6.07, 6.45) is 12.6. The van der Waals surface area contributed by atoms with Crippen molar-refractivity contribution in [2.24, 2.45) is 0 Å². The topological polar surface area (TPSA) is 70.5 Å². The maximum Gasteiger partial charge on any atom is 0.237 e. The molecule has 3 aromatic heterocycles. The zero-order valence-corrected chi connectivity index (χ0v) is 24.9. The van der Waals surface area contributed by atoms with Gasteiger partial charge in [0.05, 0.1) is 23.0 Å². The molecular formula is C34H38N2O4S.